The van der Waals surface area contributed by atoms with Crippen LogP contribution in [0.4, 0.5) is 0 Å². The largest absolute Gasteiger partial charge is 0.481 e. The maximum absolute atomic E-state index is 10.4. The third kappa shape index (κ3) is 21.1. The molecule has 0 radical (unpaired) electrons. The molecule has 2 nitrogen and oxygen atoms in total. The maximum Gasteiger partial charge on any atom is 0.303 e. The van der Waals surface area contributed by atoms with Crippen molar-refractivity contribution >= 4 is 21.9 Å². The van der Waals surface area contributed by atoms with Crippen molar-refractivity contribution in [2.75, 3.05) is 0 Å². The van der Waals surface area contributed by atoms with Gasteiger partial charge in [-0.25, -0.2) is 0 Å². The highest BCUT2D eigenvalue weighted by atomic mass is 79.9. The number of unbranched alkanes of at least 4 members (excludes halogenated alkanes) is 8. The van der Waals surface area contributed by atoms with Crippen molar-refractivity contribution < 1.29 is 9.90 Å². The molecule has 0 amide bonds. The van der Waals surface area contributed by atoms with Gasteiger partial charge in [0.1, 0.15) is 0 Å². The van der Waals surface area contributed by atoms with E-state index in [1.54, 1.807) is 0 Å². The topological polar surface area (TPSA) is 37.3 Å². The molecule has 0 aromatic heterocycles. The second-order valence-electron chi connectivity index (χ2n) is 6.55. The van der Waals surface area contributed by atoms with Crippen LogP contribution >= 0.6 is 15.9 Å². The summed E-state index contributed by atoms with van der Waals surface area (Å²) in [4.78, 5) is 10.4. The number of aliphatic carboxylic acids is 1. The predicted molar refractivity (Wildman–Crippen MR) is 113 cm³/mol. The molecule has 0 fully saturated rings. The van der Waals surface area contributed by atoms with Crippen molar-refractivity contribution in [3.8, 4) is 0 Å². The minimum atomic E-state index is -0.714. The van der Waals surface area contributed by atoms with Crippen molar-refractivity contribution in [3.63, 3.8) is 0 Å². The third-order valence-electron chi connectivity index (χ3n) is 4.07. The van der Waals surface area contributed by atoms with Crippen LogP contribution in [-0.2, 0) is 4.79 Å². The lowest BCUT2D eigenvalue weighted by Gasteiger charge is -1.97. The van der Waals surface area contributed by atoms with Crippen molar-refractivity contribution in [3.05, 3.63) is 34.9 Å². The first-order valence-electron chi connectivity index (χ1n) is 10.0. The number of hydrogen-bond acceptors (Lipinski definition) is 1. The molecule has 3 heteroatoms. The molecule has 0 aromatic rings. The Hall–Kier alpha value is -0.830. The van der Waals surface area contributed by atoms with Gasteiger partial charge in [-0.15, -0.1) is 0 Å². The Labute approximate surface area is 163 Å². The van der Waals surface area contributed by atoms with E-state index in [1.807, 2.05) is 0 Å². The summed E-state index contributed by atoms with van der Waals surface area (Å²) in [6.45, 7) is 2.26. The minimum Gasteiger partial charge on any atom is -0.481 e. The summed E-state index contributed by atoms with van der Waals surface area (Å²) in [6.07, 6.45) is 26.8. The minimum absolute atomic E-state index is 0.253. The van der Waals surface area contributed by atoms with Crippen molar-refractivity contribution in [1.82, 2.24) is 0 Å². The van der Waals surface area contributed by atoms with Crippen LogP contribution in [0, 0.1) is 0 Å². The Kier molecular flexibility index (Phi) is 18.8. The van der Waals surface area contributed by atoms with E-state index in [0.717, 1.165) is 32.1 Å². The number of allylic oxidation sites excluding steroid dienone is 6. The number of carbonyl (C=O) groups is 1. The highest BCUT2D eigenvalue weighted by Gasteiger charge is 1.95. The predicted octanol–water partition coefficient (Wildman–Crippen LogP) is 7.94. The van der Waals surface area contributed by atoms with Gasteiger partial charge in [0, 0.05) is 6.42 Å². The van der Waals surface area contributed by atoms with Gasteiger partial charge in [0.05, 0.1) is 0 Å². The van der Waals surface area contributed by atoms with Crippen LogP contribution in [0.15, 0.2) is 34.9 Å². The fourth-order valence-electron chi connectivity index (χ4n) is 2.54. The summed E-state index contributed by atoms with van der Waals surface area (Å²) in [5, 5.41) is 8.58. The van der Waals surface area contributed by atoms with Crippen LogP contribution in [0.3, 0.4) is 0 Å². The second-order valence-corrected chi connectivity index (χ2v) is 7.57. The molecule has 25 heavy (non-hydrogen) atoms. The lowest BCUT2D eigenvalue weighted by atomic mass is 10.1. The van der Waals surface area contributed by atoms with Crippen LogP contribution in [-0.4, -0.2) is 11.1 Å². The van der Waals surface area contributed by atoms with E-state index in [1.165, 1.54) is 49.4 Å². The van der Waals surface area contributed by atoms with E-state index < -0.39 is 5.97 Å². The van der Waals surface area contributed by atoms with Gasteiger partial charge >= 0.3 is 5.97 Å². The fraction of sp³-hybridized carbons (Fsp3) is 0.682. The molecule has 0 spiro atoms. The van der Waals surface area contributed by atoms with Crippen molar-refractivity contribution in [2.45, 2.75) is 96.8 Å². The number of carboxylic acid groups (broad SMARTS) is 1. The van der Waals surface area contributed by atoms with E-state index in [0.29, 0.717) is 6.42 Å². The molecule has 0 saturated heterocycles. The Morgan fingerprint density at radius 3 is 2.04 bits per heavy atom. The molecule has 0 heterocycles. The number of rotatable bonds is 17. The first-order chi connectivity index (χ1) is 12.2. The summed E-state index contributed by atoms with van der Waals surface area (Å²) < 4.78 is 1.18. The molecule has 144 valence electrons. The zero-order valence-electron chi connectivity index (χ0n) is 16.0. The number of hydrogen-bond donors (Lipinski definition) is 1. The average molecular weight is 413 g/mol. The summed E-state index contributed by atoms with van der Waals surface area (Å²) >= 11 is 3.55. The smallest absolute Gasteiger partial charge is 0.303 e. The van der Waals surface area contributed by atoms with Gasteiger partial charge in [0.2, 0.25) is 0 Å². The Bertz CT molecular complexity index is 397. The standard InChI is InChI=1S/C22H37BrO2/c1-2-3-4-5-6-7-8-9-10-11-12-13-14-15-18-21(23)19-16-17-20-22(24)25/h9-10,13-14,19H,2-8,11-12,15-18,20H2,1H3,(H,24,25)/b10-9-,14-13-,21-19+. The summed E-state index contributed by atoms with van der Waals surface area (Å²) in [5.74, 6) is -0.714. The molecule has 0 unspecified atom stereocenters. The molecule has 0 aliphatic heterocycles. The summed E-state index contributed by atoms with van der Waals surface area (Å²) in [7, 11) is 0. The van der Waals surface area contributed by atoms with Crippen LogP contribution < -0.4 is 0 Å². The van der Waals surface area contributed by atoms with Gasteiger partial charge in [-0.05, 0) is 55.8 Å². The monoisotopic (exact) mass is 412 g/mol. The molecular formula is C22H37BrO2. The van der Waals surface area contributed by atoms with Gasteiger partial charge in [0.15, 0.2) is 0 Å². The average Bonchev–Trinajstić information content (AvgIpc) is 2.59. The van der Waals surface area contributed by atoms with Gasteiger partial charge < -0.3 is 5.11 Å². The summed E-state index contributed by atoms with van der Waals surface area (Å²) in [6, 6.07) is 0. The molecule has 0 aliphatic carbocycles. The molecule has 0 aliphatic rings. The Morgan fingerprint density at radius 1 is 0.760 bits per heavy atom. The van der Waals surface area contributed by atoms with Crippen LogP contribution in [0.25, 0.3) is 0 Å². The first kappa shape index (κ1) is 24.2. The van der Waals surface area contributed by atoms with E-state index in [2.05, 4.69) is 53.2 Å². The Balaban J connectivity index is 3.43. The number of halogens is 1. The zero-order chi connectivity index (χ0) is 18.6. The van der Waals surface area contributed by atoms with Crippen LogP contribution in [0.1, 0.15) is 96.8 Å². The summed E-state index contributed by atoms with van der Waals surface area (Å²) in [5.41, 5.74) is 0. The van der Waals surface area contributed by atoms with Gasteiger partial charge in [-0.2, -0.15) is 0 Å². The third-order valence-corrected chi connectivity index (χ3v) is 4.79. The molecule has 0 rings (SSSR count). The second kappa shape index (κ2) is 19.5. The SMILES string of the molecule is CCCCCCCC/C=C\CC/C=C\CC/C(Br)=C\CCCC(=O)O. The maximum atomic E-state index is 10.4. The normalized spacial score (nSPS) is 12.5. The lowest BCUT2D eigenvalue weighted by molar-refractivity contribution is -0.137. The van der Waals surface area contributed by atoms with Crippen LogP contribution in [0.5, 0.6) is 0 Å². The molecular weight excluding hydrogens is 376 g/mol. The van der Waals surface area contributed by atoms with E-state index in [-0.39, 0.29) is 6.42 Å². The molecule has 0 atom stereocenters. The molecule has 1 N–H and O–H groups in total. The zero-order valence-corrected chi connectivity index (χ0v) is 17.6. The van der Waals surface area contributed by atoms with Crippen molar-refractivity contribution in [2.24, 2.45) is 0 Å². The Morgan fingerprint density at radius 2 is 1.36 bits per heavy atom. The fourth-order valence-corrected chi connectivity index (χ4v) is 3.00. The van der Waals surface area contributed by atoms with E-state index in [9.17, 15) is 4.79 Å². The molecule has 0 bridgehead atoms. The van der Waals surface area contributed by atoms with Crippen molar-refractivity contribution in [1.29, 1.82) is 0 Å². The molecule has 0 aromatic carbocycles. The molecule has 0 saturated carbocycles. The first-order valence-corrected chi connectivity index (χ1v) is 10.8. The van der Waals surface area contributed by atoms with Gasteiger partial charge in [-0.1, -0.05) is 85.3 Å². The quantitative estimate of drug-likeness (QED) is 0.194. The lowest BCUT2D eigenvalue weighted by Crippen LogP contribution is -1.92. The van der Waals surface area contributed by atoms with E-state index >= 15 is 0 Å². The van der Waals surface area contributed by atoms with Crippen LogP contribution in [0.2, 0.25) is 0 Å². The van der Waals surface area contributed by atoms with Gasteiger partial charge in [-0.3, -0.25) is 4.79 Å². The number of carboxylic acids is 1. The van der Waals surface area contributed by atoms with Gasteiger partial charge in [0.25, 0.3) is 0 Å². The highest BCUT2D eigenvalue weighted by molar-refractivity contribution is 9.11. The van der Waals surface area contributed by atoms with E-state index in [4.69, 9.17) is 5.11 Å². The highest BCUT2D eigenvalue weighted by Crippen LogP contribution is 2.15.